The molecule has 1 heterocycles. The quantitative estimate of drug-likeness (QED) is 0.720. The molecule has 0 saturated heterocycles. The number of aryl methyl sites for hydroxylation is 3. The molecule has 0 fully saturated rings. The van der Waals surface area contributed by atoms with Gasteiger partial charge in [-0.3, -0.25) is 9.59 Å². The van der Waals surface area contributed by atoms with E-state index in [4.69, 9.17) is 0 Å². The molecule has 0 saturated carbocycles. The summed E-state index contributed by atoms with van der Waals surface area (Å²) in [4.78, 5) is 29.3. The zero-order chi connectivity index (χ0) is 19.4. The van der Waals surface area contributed by atoms with E-state index in [0.717, 1.165) is 28.1 Å². The molecule has 0 aliphatic rings. The van der Waals surface area contributed by atoms with Crippen molar-refractivity contribution in [3.8, 4) is 0 Å². The van der Waals surface area contributed by atoms with Crippen molar-refractivity contribution >= 4 is 23.2 Å². The van der Waals surface area contributed by atoms with Gasteiger partial charge in [0.15, 0.2) is 0 Å². The lowest BCUT2D eigenvalue weighted by molar-refractivity contribution is 0.101. The number of rotatable bonds is 4. The monoisotopic (exact) mass is 359 g/mol. The predicted octanol–water partition coefficient (Wildman–Crippen LogP) is 4.51. The van der Waals surface area contributed by atoms with Gasteiger partial charge in [0.25, 0.3) is 11.8 Å². The molecule has 0 spiro atoms. The maximum absolute atomic E-state index is 12.6. The van der Waals surface area contributed by atoms with Gasteiger partial charge in [-0.25, -0.2) is 4.98 Å². The number of nitrogens with zero attached hydrogens (tertiary/aromatic N) is 1. The van der Waals surface area contributed by atoms with Gasteiger partial charge in [0, 0.05) is 11.4 Å². The van der Waals surface area contributed by atoms with E-state index >= 15 is 0 Å². The van der Waals surface area contributed by atoms with Crippen LogP contribution in [0.4, 0.5) is 11.4 Å². The molecule has 3 rings (SSSR count). The highest BCUT2D eigenvalue weighted by Crippen LogP contribution is 2.20. The summed E-state index contributed by atoms with van der Waals surface area (Å²) >= 11 is 0. The second-order valence-corrected chi connectivity index (χ2v) is 6.40. The number of para-hydroxylation sites is 2. The Bertz CT molecular complexity index is 992. The molecule has 0 aliphatic heterocycles. The summed E-state index contributed by atoms with van der Waals surface area (Å²) in [5.41, 5.74) is 4.75. The van der Waals surface area contributed by atoms with E-state index < -0.39 is 0 Å². The zero-order valence-corrected chi connectivity index (χ0v) is 15.5. The summed E-state index contributed by atoms with van der Waals surface area (Å²) in [6.07, 6.45) is 0. The first kappa shape index (κ1) is 18.3. The summed E-state index contributed by atoms with van der Waals surface area (Å²) in [6.45, 7) is 5.78. The van der Waals surface area contributed by atoms with Crippen molar-refractivity contribution < 1.29 is 9.59 Å². The summed E-state index contributed by atoms with van der Waals surface area (Å²) in [7, 11) is 0. The lowest BCUT2D eigenvalue weighted by Crippen LogP contribution is -2.19. The van der Waals surface area contributed by atoms with E-state index in [9.17, 15) is 9.59 Å². The topological polar surface area (TPSA) is 71.1 Å². The maximum atomic E-state index is 12.6. The molecule has 0 unspecified atom stereocenters. The van der Waals surface area contributed by atoms with E-state index in [0.29, 0.717) is 0 Å². The number of aromatic nitrogens is 1. The van der Waals surface area contributed by atoms with E-state index in [2.05, 4.69) is 15.6 Å². The molecule has 0 aliphatic carbocycles. The minimum Gasteiger partial charge on any atom is -0.320 e. The van der Waals surface area contributed by atoms with Crippen molar-refractivity contribution in [1.29, 1.82) is 0 Å². The predicted molar refractivity (Wildman–Crippen MR) is 107 cm³/mol. The molecular formula is C22H21N3O2. The average Bonchev–Trinajstić information content (AvgIpc) is 2.66. The Morgan fingerprint density at radius 3 is 1.81 bits per heavy atom. The Labute approximate surface area is 158 Å². The number of hydrogen-bond donors (Lipinski definition) is 2. The summed E-state index contributed by atoms with van der Waals surface area (Å²) < 4.78 is 0. The van der Waals surface area contributed by atoms with E-state index in [1.807, 2.05) is 63.2 Å². The van der Waals surface area contributed by atoms with Gasteiger partial charge < -0.3 is 10.6 Å². The Morgan fingerprint density at radius 2 is 1.19 bits per heavy atom. The minimum atomic E-state index is -0.356. The molecule has 2 amide bonds. The third-order valence-electron chi connectivity index (χ3n) is 4.33. The van der Waals surface area contributed by atoms with Crippen LogP contribution < -0.4 is 10.6 Å². The molecule has 2 aromatic carbocycles. The molecular weight excluding hydrogens is 338 g/mol. The summed E-state index contributed by atoms with van der Waals surface area (Å²) in [5, 5.41) is 5.71. The average molecular weight is 359 g/mol. The molecule has 27 heavy (non-hydrogen) atoms. The number of carbonyl (C=O) groups excluding carboxylic acids is 2. The second-order valence-electron chi connectivity index (χ2n) is 6.40. The van der Waals surface area contributed by atoms with Gasteiger partial charge in [-0.2, -0.15) is 0 Å². The van der Waals surface area contributed by atoms with Crippen LogP contribution in [0.2, 0.25) is 0 Å². The van der Waals surface area contributed by atoms with Crippen LogP contribution in [0.25, 0.3) is 0 Å². The summed E-state index contributed by atoms with van der Waals surface area (Å²) in [6, 6.07) is 18.1. The lowest BCUT2D eigenvalue weighted by Gasteiger charge is -2.12. The van der Waals surface area contributed by atoms with Crippen molar-refractivity contribution in [1.82, 2.24) is 4.98 Å². The normalized spacial score (nSPS) is 10.3. The van der Waals surface area contributed by atoms with Crippen LogP contribution >= 0.6 is 0 Å². The van der Waals surface area contributed by atoms with Crippen LogP contribution in [0, 0.1) is 20.8 Å². The van der Waals surface area contributed by atoms with E-state index in [1.165, 1.54) is 0 Å². The van der Waals surface area contributed by atoms with Crippen LogP contribution in [0.5, 0.6) is 0 Å². The third-order valence-corrected chi connectivity index (χ3v) is 4.33. The Kier molecular flexibility index (Phi) is 5.31. The largest absolute Gasteiger partial charge is 0.320 e. The lowest BCUT2D eigenvalue weighted by atomic mass is 10.1. The number of amides is 2. The summed E-state index contributed by atoms with van der Waals surface area (Å²) in [5.74, 6) is -0.705. The maximum Gasteiger partial charge on any atom is 0.274 e. The highest BCUT2D eigenvalue weighted by Gasteiger charge is 2.14. The SMILES string of the molecule is Cc1ccccc1NC(=O)c1cccc(C(=O)Nc2c(C)cccc2C)n1. The molecule has 1 aromatic heterocycles. The Balaban J connectivity index is 1.80. The molecule has 0 bridgehead atoms. The van der Waals surface area contributed by atoms with Gasteiger partial charge >= 0.3 is 0 Å². The van der Waals surface area contributed by atoms with Crippen molar-refractivity contribution in [3.63, 3.8) is 0 Å². The van der Waals surface area contributed by atoms with E-state index in [-0.39, 0.29) is 23.2 Å². The van der Waals surface area contributed by atoms with Crippen molar-refractivity contribution in [2.75, 3.05) is 10.6 Å². The molecule has 5 nitrogen and oxygen atoms in total. The van der Waals surface area contributed by atoms with Gasteiger partial charge in [-0.15, -0.1) is 0 Å². The number of anilines is 2. The first-order valence-electron chi connectivity index (χ1n) is 8.67. The van der Waals surface area contributed by atoms with E-state index in [1.54, 1.807) is 18.2 Å². The van der Waals surface area contributed by atoms with Crippen molar-refractivity contribution in [3.05, 3.63) is 88.7 Å². The second kappa shape index (κ2) is 7.83. The first-order chi connectivity index (χ1) is 13.0. The van der Waals surface area contributed by atoms with Gasteiger partial charge in [0.05, 0.1) is 0 Å². The van der Waals surface area contributed by atoms with Crippen LogP contribution in [-0.4, -0.2) is 16.8 Å². The number of nitrogens with one attached hydrogen (secondary N) is 2. The Morgan fingerprint density at radius 1 is 0.667 bits per heavy atom. The Hall–Kier alpha value is -3.47. The molecule has 2 N–H and O–H groups in total. The highest BCUT2D eigenvalue weighted by atomic mass is 16.2. The number of benzene rings is 2. The van der Waals surface area contributed by atoms with Crippen LogP contribution in [0.3, 0.4) is 0 Å². The molecule has 5 heteroatoms. The van der Waals surface area contributed by atoms with Crippen molar-refractivity contribution in [2.24, 2.45) is 0 Å². The smallest absolute Gasteiger partial charge is 0.274 e. The number of carbonyl (C=O) groups is 2. The molecule has 0 radical (unpaired) electrons. The number of hydrogen-bond acceptors (Lipinski definition) is 3. The fourth-order valence-corrected chi connectivity index (χ4v) is 2.78. The fourth-order valence-electron chi connectivity index (χ4n) is 2.78. The molecule has 0 atom stereocenters. The fraction of sp³-hybridized carbons (Fsp3) is 0.136. The van der Waals surface area contributed by atoms with Crippen LogP contribution in [0.1, 0.15) is 37.7 Å². The van der Waals surface area contributed by atoms with Crippen molar-refractivity contribution in [2.45, 2.75) is 20.8 Å². The standard InChI is InChI=1S/C22H21N3O2/c1-14-8-4-5-11-17(14)24-21(26)18-12-7-13-19(23-18)22(27)25-20-15(2)9-6-10-16(20)3/h4-13H,1-3H3,(H,24,26)(H,25,27). The van der Waals surface area contributed by atoms with Gasteiger partial charge in [-0.05, 0) is 55.7 Å². The minimum absolute atomic E-state index is 0.187. The third kappa shape index (κ3) is 4.20. The van der Waals surface area contributed by atoms with Gasteiger partial charge in [-0.1, -0.05) is 42.5 Å². The molecule has 3 aromatic rings. The number of pyridine rings is 1. The first-order valence-corrected chi connectivity index (χ1v) is 8.67. The van der Waals surface area contributed by atoms with Gasteiger partial charge in [0.1, 0.15) is 11.4 Å². The highest BCUT2D eigenvalue weighted by molar-refractivity contribution is 6.06. The molecule has 136 valence electrons. The van der Waals surface area contributed by atoms with Crippen LogP contribution in [0.15, 0.2) is 60.7 Å². The van der Waals surface area contributed by atoms with Crippen LogP contribution in [-0.2, 0) is 0 Å². The zero-order valence-electron chi connectivity index (χ0n) is 15.5. The van der Waals surface area contributed by atoms with Gasteiger partial charge in [0.2, 0.25) is 0 Å².